The molecule has 0 saturated carbocycles. The highest BCUT2D eigenvalue weighted by molar-refractivity contribution is 5.29. The summed E-state index contributed by atoms with van der Waals surface area (Å²) < 4.78 is 26.5. The van der Waals surface area contributed by atoms with Crippen LogP contribution in [0.1, 0.15) is 17.5 Å². The molecule has 0 atom stereocenters. The van der Waals surface area contributed by atoms with Crippen LogP contribution in [0.25, 0.3) is 0 Å². The van der Waals surface area contributed by atoms with Gasteiger partial charge in [0.2, 0.25) is 0 Å². The van der Waals surface area contributed by atoms with Gasteiger partial charge in [0.25, 0.3) is 0 Å². The fourth-order valence-electron chi connectivity index (χ4n) is 1.40. The molecule has 0 unspecified atom stereocenters. The Bertz CT molecular complexity index is 392. The van der Waals surface area contributed by atoms with E-state index < -0.39 is 11.6 Å². The van der Waals surface area contributed by atoms with Crippen LogP contribution in [-0.2, 0) is 6.42 Å². The van der Waals surface area contributed by atoms with Gasteiger partial charge in [-0.05, 0) is 31.4 Å². The van der Waals surface area contributed by atoms with Gasteiger partial charge in [-0.1, -0.05) is 24.3 Å². The predicted molar refractivity (Wildman–Crippen MR) is 58.8 cm³/mol. The van der Waals surface area contributed by atoms with E-state index in [-0.39, 0.29) is 5.56 Å². The lowest BCUT2D eigenvalue weighted by Crippen LogP contribution is -1.98. The van der Waals surface area contributed by atoms with Gasteiger partial charge in [-0.15, -0.1) is 6.58 Å². The molecule has 1 aromatic carbocycles. The van der Waals surface area contributed by atoms with Crippen molar-refractivity contribution in [3.05, 3.63) is 59.7 Å². The van der Waals surface area contributed by atoms with Gasteiger partial charge < -0.3 is 0 Å². The van der Waals surface area contributed by atoms with Crippen LogP contribution in [0.3, 0.4) is 0 Å². The van der Waals surface area contributed by atoms with Crippen LogP contribution in [0.5, 0.6) is 0 Å². The van der Waals surface area contributed by atoms with Crippen LogP contribution in [-0.4, -0.2) is 0 Å². The van der Waals surface area contributed by atoms with Crippen molar-refractivity contribution in [1.82, 2.24) is 0 Å². The molecule has 0 saturated heterocycles. The average Bonchev–Trinajstić information content (AvgIpc) is 2.20. The van der Waals surface area contributed by atoms with E-state index in [4.69, 9.17) is 0 Å². The zero-order chi connectivity index (χ0) is 11.4. The molecule has 1 aromatic rings. The van der Waals surface area contributed by atoms with E-state index in [1.807, 2.05) is 0 Å². The van der Waals surface area contributed by atoms with E-state index in [1.165, 1.54) is 19.1 Å². The lowest BCUT2D eigenvalue weighted by molar-refractivity contribution is 0.559. The monoisotopic (exact) mass is 208 g/mol. The van der Waals surface area contributed by atoms with Crippen molar-refractivity contribution in [1.29, 1.82) is 0 Å². The Hall–Kier alpha value is -1.44. The number of allylic oxidation sites excluding steroid dienone is 2. The zero-order valence-corrected chi connectivity index (χ0v) is 8.82. The smallest absolute Gasteiger partial charge is 0.132 e. The van der Waals surface area contributed by atoms with E-state index in [9.17, 15) is 8.78 Å². The largest absolute Gasteiger partial charge is 0.207 e. The van der Waals surface area contributed by atoms with Crippen molar-refractivity contribution in [2.24, 2.45) is 0 Å². The Balaban J connectivity index is 2.91. The van der Waals surface area contributed by atoms with E-state index in [2.05, 4.69) is 13.2 Å². The van der Waals surface area contributed by atoms with Crippen LogP contribution in [0, 0.1) is 18.6 Å². The molecule has 0 aliphatic carbocycles. The number of halogens is 2. The molecule has 0 aliphatic heterocycles. The number of hydrogen-bond donors (Lipinski definition) is 0. The molecule has 0 heterocycles. The highest BCUT2D eigenvalue weighted by Gasteiger charge is 2.09. The van der Waals surface area contributed by atoms with Crippen LogP contribution in [0.4, 0.5) is 8.78 Å². The highest BCUT2D eigenvalue weighted by atomic mass is 19.1. The molecular weight excluding hydrogens is 194 g/mol. The Kier molecular flexibility index (Phi) is 3.78. The molecule has 80 valence electrons. The summed E-state index contributed by atoms with van der Waals surface area (Å²) in [7, 11) is 0. The average molecular weight is 208 g/mol. The third-order valence-corrected chi connectivity index (χ3v) is 2.27. The summed E-state index contributed by atoms with van der Waals surface area (Å²) in [6.07, 6.45) is 2.80. The standard InChI is InChI=1S/C13H14F2/c1-4-5-9(2)8-11-6-7-12(14)10(3)13(11)15/h4,6-7H,1-2,5,8H2,3H3. The molecule has 0 spiro atoms. The fraction of sp³-hybridized carbons (Fsp3) is 0.231. The fourth-order valence-corrected chi connectivity index (χ4v) is 1.40. The quantitative estimate of drug-likeness (QED) is 0.657. The highest BCUT2D eigenvalue weighted by Crippen LogP contribution is 2.19. The van der Waals surface area contributed by atoms with E-state index in [0.29, 0.717) is 18.4 Å². The third-order valence-electron chi connectivity index (χ3n) is 2.27. The number of benzene rings is 1. The molecule has 0 bridgehead atoms. The SMILES string of the molecule is C=CCC(=C)Cc1ccc(F)c(C)c1F. The molecule has 0 N–H and O–H groups in total. The lowest BCUT2D eigenvalue weighted by Gasteiger charge is -2.07. The third kappa shape index (κ3) is 2.75. The molecule has 0 radical (unpaired) electrons. The summed E-state index contributed by atoms with van der Waals surface area (Å²) in [6, 6.07) is 2.75. The Morgan fingerprint density at radius 1 is 1.40 bits per heavy atom. The van der Waals surface area contributed by atoms with Crippen molar-refractivity contribution >= 4 is 0 Å². The molecule has 1 rings (SSSR count). The van der Waals surface area contributed by atoms with Crippen molar-refractivity contribution in [2.45, 2.75) is 19.8 Å². The van der Waals surface area contributed by atoms with Gasteiger partial charge in [0, 0.05) is 5.56 Å². The van der Waals surface area contributed by atoms with Crippen LogP contribution < -0.4 is 0 Å². The first-order chi connectivity index (χ1) is 7.06. The van der Waals surface area contributed by atoms with Crippen molar-refractivity contribution < 1.29 is 8.78 Å². The van der Waals surface area contributed by atoms with Gasteiger partial charge in [-0.2, -0.15) is 0 Å². The zero-order valence-electron chi connectivity index (χ0n) is 8.82. The van der Waals surface area contributed by atoms with Gasteiger partial charge in [0.1, 0.15) is 11.6 Å². The molecule has 15 heavy (non-hydrogen) atoms. The number of hydrogen-bond acceptors (Lipinski definition) is 0. The lowest BCUT2D eigenvalue weighted by atomic mass is 10.0. The molecule has 0 aliphatic rings. The molecular formula is C13H14F2. The summed E-state index contributed by atoms with van der Waals surface area (Å²) >= 11 is 0. The maximum Gasteiger partial charge on any atom is 0.132 e. The normalized spacial score (nSPS) is 10.1. The first kappa shape index (κ1) is 11.6. The summed E-state index contributed by atoms with van der Waals surface area (Å²) in [6.45, 7) is 8.82. The van der Waals surface area contributed by atoms with E-state index in [1.54, 1.807) is 6.08 Å². The maximum absolute atomic E-state index is 13.6. The second-order valence-electron chi connectivity index (χ2n) is 3.57. The summed E-state index contributed by atoms with van der Waals surface area (Å²) in [4.78, 5) is 0. The van der Waals surface area contributed by atoms with Crippen LogP contribution >= 0.6 is 0 Å². The van der Waals surface area contributed by atoms with Gasteiger partial charge in [-0.3, -0.25) is 0 Å². The Morgan fingerprint density at radius 2 is 2.07 bits per heavy atom. The Morgan fingerprint density at radius 3 is 2.67 bits per heavy atom. The van der Waals surface area contributed by atoms with Crippen molar-refractivity contribution in [3.8, 4) is 0 Å². The Labute approximate surface area is 88.9 Å². The predicted octanol–water partition coefficient (Wildman–Crippen LogP) is 3.95. The number of rotatable bonds is 4. The van der Waals surface area contributed by atoms with Crippen LogP contribution in [0.15, 0.2) is 36.9 Å². The minimum atomic E-state index is -0.509. The van der Waals surface area contributed by atoms with Gasteiger partial charge >= 0.3 is 0 Å². The van der Waals surface area contributed by atoms with E-state index >= 15 is 0 Å². The molecule has 0 amide bonds. The van der Waals surface area contributed by atoms with E-state index in [0.717, 1.165) is 5.57 Å². The van der Waals surface area contributed by atoms with Crippen molar-refractivity contribution in [2.75, 3.05) is 0 Å². The molecule has 0 nitrogen and oxygen atoms in total. The summed E-state index contributed by atoms with van der Waals surface area (Å²) in [5, 5.41) is 0. The van der Waals surface area contributed by atoms with Crippen molar-refractivity contribution in [3.63, 3.8) is 0 Å². The van der Waals surface area contributed by atoms with Gasteiger partial charge in [-0.25, -0.2) is 8.78 Å². The molecule has 0 fully saturated rings. The second kappa shape index (κ2) is 4.87. The first-order valence-electron chi connectivity index (χ1n) is 4.77. The van der Waals surface area contributed by atoms with Gasteiger partial charge in [0.15, 0.2) is 0 Å². The molecule has 0 aromatic heterocycles. The topological polar surface area (TPSA) is 0 Å². The first-order valence-corrected chi connectivity index (χ1v) is 4.77. The minimum Gasteiger partial charge on any atom is -0.207 e. The summed E-state index contributed by atoms with van der Waals surface area (Å²) in [5.41, 5.74) is 1.43. The minimum absolute atomic E-state index is 0.0684. The van der Waals surface area contributed by atoms with Crippen LogP contribution in [0.2, 0.25) is 0 Å². The second-order valence-corrected chi connectivity index (χ2v) is 3.57. The summed E-state index contributed by atoms with van der Waals surface area (Å²) in [5.74, 6) is -0.981. The molecule has 2 heteroatoms. The maximum atomic E-state index is 13.6. The van der Waals surface area contributed by atoms with Gasteiger partial charge in [0.05, 0.1) is 0 Å².